The van der Waals surface area contributed by atoms with Crippen LogP contribution in [0.1, 0.15) is 27.2 Å². The molecule has 2 atom stereocenters. The Morgan fingerprint density at radius 1 is 1.10 bits per heavy atom. The van der Waals surface area contributed by atoms with Gasteiger partial charge in [0, 0.05) is 11.3 Å². The van der Waals surface area contributed by atoms with Crippen LogP contribution in [0, 0.1) is 0 Å². The fourth-order valence-corrected chi connectivity index (χ4v) is 3.24. The van der Waals surface area contributed by atoms with Crippen molar-refractivity contribution in [2.45, 2.75) is 38.8 Å². The van der Waals surface area contributed by atoms with Gasteiger partial charge in [-0.2, -0.15) is 0 Å². The molecule has 8 heteroatoms. The van der Waals surface area contributed by atoms with Crippen LogP contribution in [0.5, 0.6) is 0 Å². The number of hydrogen-bond donors (Lipinski definition) is 2. The SMILES string of the molecule is CC[C@@]1(C)NC(=O)N(CC(=O)O[C@H](C)C(=O)Nc2ccccc2-c2ccccc2)C1=O. The summed E-state index contributed by atoms with van der Waals surface area (Å²) in [6.07, 6.45) is -0.724. The third-order valence-corrected chi connectivity index (χ3v) is 5.29. The molecule has 1 heterocycles. The van der Waals surface area contributed by atoms with Crippen LogP contribution in [0.15, 0.2) is 54.6 Å². The van der Waals surface area contributed by atoms with Gasteiger partial charge in [-0.15, -0.1) is 0 Å². The van der Waals surface area contributed by atoms with Crippen molar-refractivity contribution >= 4 is 29.5 Å². The fraction of sp³-hybridized carbons (Fsp3) is 0.304. The Morgan fingerprint density at radius 2 is 1.74 bits per heavy atom. The Kier molecular flexibility index (Phi) is 6.39. The molecule has 1 saturated heterocycles. The molecule has 8 nitrogen and oxygen atoms in total. The largest absolute Gasteiger partial charge is 0.451 e. The lowest BCUT2D eigenvalue weighted by atomic mass is 9.99. The number of carbonyl (C=O) groups excluding carboxylic acids is 4. The predicted octanol–water partition coefficient (Wildman–Crippen LogP) is 2.94. The molecule has 162 valence electrons. The van der Waals surface area contributed by atoms with Crippen molar-refractivity contribution in [1.29, 1.82) is 0 Å². The Balaban J connectivity index is 1.63. The third-order valence-electron chi connectivity index (χ3n) is 5.29. The first kappa shape index (κ1) is 22.0. The first-order valence-corrected chi connectivity index (χ1v) is 10.0. The van der Waals surface area contributed by atoms with E-state index < -0.39 is 42.0 Å². The Morgan fingerprint density at radius 3 is 2.39 bits per heavy atom. The fourth-order valence-electron chi connectivity index (χ4n) is 3.24. The van der Waals surface area contributed by atoms with Crippen molar-refractivity contribution in [1.82, 2.24) is 10.2 Å². The Bertz CT molecular complexity index is 1010. The standard InChI is InChI=1S/C23H25N3O5/c1-4-23(3)21(29)26(22(30)25-23)14-19(27)31-15(2)20(28)24-18-13-9-8-12-17(18)16-10-6-5-7-11-16/h5-13,15H,4,14H2,1-3H3,(H,24,28)(H,25,30)/t15-,23-/m1/s1. The van der Waals surface area contributed by atoms with E-state index in [9.17, 15) is 19.2 Å². The van der Waals surface area contributed by atoms with E-state index in [2.05, 4.69) is 10.6 Å². The van der Waals surface area contributed by atoms with Gasteiger partial charge in [0.1, 0.15) is 12.1 Å². The summed E-state index contributed by atoms with van der Waals surface area (Å²) in [5.41, 5.74) is 1.30. The highest BCUT2D eigenvalue weighted by Gasteiger charge is 2.47. The van der Waals surface area contributed by atoms with Gasteiger partial charge in [-0.05, 0) is 31.9 Å². The van der Waals surface area contributed by atoms with Crippen LogP contribution in [0.3, 0.4) is 0 Å². The smallest absolute Gasteiger partial charge is 0.327 e. The number of nitrogens with one attached hydrogen (secondary N) is 2. The average Bonchev–Trinajstić information content (AvgIpc) is 2.98. The molecule has 1 aliphatic heterocycles. The molecule has 0 aromatic heterocycles. The summed E-state index contributed by atoms with van der Waals surface area (Å²) in [6, 6.07) is 16.2. The van der Waals surface area contributed by atoms with E-state index in [1.807, 2.05) is 42.5 Å². The zero-order valence-electron chi connectivity index (χ0n) is 17.7. The molecule has 0 bridgehead atoms. The van der Waals surface area contributed by atoms with Crippen molar-refractivity contribution in [3.05, 3.63) is 54.6 Å². The predicted molar refractivity (Wildman–Crippen MR) is 115 cm³/mol. The minimum Gasteiger partial charge on any atom is -0.451 e. The number of nitrogens with zero attached hydrogens (tertiary/aromatic N) is 1. The molecule has 1 fully saturated rings. The summed E-state index contributed by atoms with van der Waals surface area (Å²) in [6.45, 7) is 4.23. The van der Waals surface area contributed by atoms with E-state index in [1.165, 1.54) is 6.92 Å². The maximum absolute atomic E-state index is 12.6. The number of benzene rings is 2. The zero-order chi connectivity index (χ0) is 22.6. The van der Waals surface area contributed by atoms with Gasteiger partial charge in [-0.1, -0.05) is 55.5 Å². The summed E-state index contributed by atoms with van der Waals surface area (Å²) in [4.78, 5) is 50.1. The molecule has 0 unspecified atom stereocenters. The van der Waals surface area contributed by atoms with Gasteiger partial charge in [0.05, 0.1) is 0 Å². The molecule has 0 radical (unpaired) electrons. The minimum atomic E-state index is -1.12. The number of anilines is 1. The molecule has 2 aromatic rings. The van der Waals surface area contributed by atoms with Crippen molar-refractivity contribution in [2.75, 3.05) is 11.9 Å². The topological polar surface area (TPSA) is 105 Å². The van der Waals surface area contributed by atoms with Crippen LogP contribution >= 0.6 is 0 Å². The van der Waals surface area contributed by atoms with E-state index in [4.69, 9.17) is 4.74 Å². The monoisotopic (exact) mass is 423 g/mol. The Hall–Kier alpha value is -3.68. The number of ether oxygens (including phenoxy) is 1. The van der Waals surface area contributed by atoms with Crippen LogP contribution in [0.4, 0.5) is 10.5 Å². The lowest BCUT2D eigenvalue weighted by Crippen LogP contribution is -2.44. The molecule has 2 N–H and O–H groups in total. The van der Waals surface area contributed by atoms with E-state index in [-0.39, 0.29) is 0 Å². The molecule has 3 rings (SSSR count). The second-order valence-electron chi connectivity index (χ2n) is 7.54. The third kappa shape index (κ3) is 4.74. The van der Waals surface area contributed by atoms with Gasteiger partial charge < -0.3 is 15.4 Å². The highest BCUT2D eigenvalue weighted by atomic mass is 16.5. The second kappa shape index (κ2) is 8.99. The van der Waals surface area contributed by atoms with E-state index in [1.54, 1.807) is 26.0 Å². The number of hydrogen-bond acceptors (Lipinski definition) is 5. The molecule has 4 amide bonds. The molecule has 0 saturated carbocycles. The minimum absolute atomic E-state index is 0.392. The van der Waals surface area contributed by atoms with Gasteiger partial charge in [0.15, 0.2) is 6.10 Å². The van der Waals surface area contributed by atoms with Gasteiger partial charge in [0.25, 0.3) is 11.8 Å². The maximum Gasteiger partial charge on any atom is 0.327 e. The van der Waals surface area contributed by atoms with Crippen LogP contribution in [-0.2, 0) is 19.1 Å². The highest BCUT2D eigenvalue weighted by Crippen LogP contribution is 2.27. The number of esters is 1. The first-order chi connectivity index (χ1) is 14.7. The molecular formula is C23H25N3O5. The number of carbonyl (C=O) groups is 4. The van der Waals surface area contributed by atoms with Crippen LogP contribution < -0.4 is 10.6 Å². The molecule has 0 aliphatic carbocycles. The summed E-state index contributed by atoms with van der Waals surface area (Å²) < 4.78 is 5.17. The van der Waals surface area contributed by atoms with E-state index in [0.29, 0.717) is 12.1 Å². The van der Waals surface area contributed by atoms with E-state index >= 15 is 0 Å². The molecule has 1 aliphatic rings. The normalized spacial score (nSPS) is 19.0. The summed E-state index contributed by atoms with van der Waals surface area (Å²) in [5.74, 6) is -1.86. The molecule has 0 spiro atoms. The molecule has 31 heavy (non-hydrogen) atoms. The first-order valence-electron chi connectivity index (χ1n) is 10.0. The van der Waals surface area contributed by atoms with Gasteiger partial charge in [-0.25, -0.2) is 4.79 Å². The van der Waals surface area contributed by atoms with Gasteiger partial charge >= 0.3 is 12.0 Å². The zero-order valence-corrected chi connectivity index (χ0v) is 17.7. The Labute approximate surface area is 180 Å². The number of para-hydroxylation sites is 1. The quantitative estimate of drug-likeness (QED) is 0.526. The second-order valence-corrected chi connectivity index (χ2v) is 7.54. The van der Waals surface area contributed by atoms with Crippen molar-refractivity contribution in [2.24, 2.45) is 0 Å². The molecule has 2 aromatic carbocycles. The summed E-state index contributed by atoms with van der Waals surface area (Å²) in [7, 11) is 0. The number of imide groups is 1. The lowest BCUT2D eigenvalue weighted by molar-refractivity contribution is -0.155. The number of amides is 4. The summed E-state index contributed by atoms with van der Waals surface area (Å²) >= 11 is 0. The van der Waals surface area contributed by atoms with Crippen molar-refractivity contribution in [3.63, 3.8) is 0 Å². The average molecular weight is 423 g/mol. The van der Waals surface area contributed by atoms with Crippen LogP contribution in [-0.4, -0.2) is 46.9 Å². The van der Waals surface area contributed by atoms with E-state index in [0.717, 1.165) is 16.0 Å². The summed E-state index contributed by atoms with van der Waals surface area (Å²) in [5, 5.41) is 5.34. The number of urea groups is 1. The number of rotatable bonds is 7. The molecular weight excluding hydrogens is 398 g/mol. The van der Waals surface area contributed by atoms with Gasteiger partial charge in [-0.3, -0.25) is 19.3 Å². The van der Waals surface area contributed by atoms with Crippen LogP contribution in [0.25, 0.3) is 11.1 Å². The van der Waals surface area contributed by atoms with Gasteiger partial charge in [0.2, 0.25) is 0 Å². The van der Waals surface area contributed by atoms with Crippen molar-refractivity contribution < 1.29 is 23.9 Å². The lowest BCUT2D eigenvalue weighted by Gasteiger charge is -2.19. The van der Waals surface area contributed by atoms with Crippen molar-refractivity contribution in [3.8, 4) is 11.1 Å². The van der Waals surface area contributed by atoms with Crippen LogP contribution in [0.2, 0.25) is 0 Å². The highest BCUT2D eigenvalue weighted by molar-refractivity contribution is 6.08. The maximum atomic E-state index is 12.6.